The molecule has 0 fully saturated rings. The van der Waals surface area contributed by atoms with E-state index in [4.69, 9.17) is 67.5 Å². The first-order valence-corrected chi connectivity index (χ1v) is 32.2. The van der Waals surface area contributed by atoms with Crippen LogP contribution >= 0.6 is 22.7 Å². The second-order valence-corrected chi connectivity index (χ2v) is 22.1. The predicted octanol–water partition coefficient (Wildman–Crippen LogP) is 9.08. The number of likely N-dealkylation sites (N-methyl/N-ethyl adjacent to an activating group) is 2. The number of benzene rings is 4. The molecule has 0 atom stereocenters. The summed E-state index contributed by atoms with van der Waals surface area (Å²) in [7, 11) is 0. The van der Waals surface area contributed by atoms with E-state index in [2.05, 4.69) is 75.5 Å². The number of carbonyl (C=O) groups excluding carboxylic acids is 4. The number of azo groups is 2. The third-order valence-electron chi connectivity index (χ3n) is 13.8. The van der Waals surface area contributed by atoms with Crippen molar-refractivity contribution in [1.29, 1.82) is 5.26 Å². The molecular formula is C68H77N10NaO16S2. The maximum Gasteiger partial charge on any atom is 1.00 e. The van der Waals surface area contributed by atoms with E-state index in [1.807, 2.05) is 44.2 Å². The molecule has 0 radical (unpaired) electrons. The van der Waals surface area contributed by atoms with Gasteiger partial charge >= 0.3 is 47.5 Å². The third-order valence-corrected chi connectivity index (χ3v) is 15.9. The molecule has 1 aliphatic heterocycles. The summed E-state index contributed by atoms with van der Waals surface area (Å²) in [6.07, 6.45) is 0. The molecule has 508 valence electrons. The second-order valence-electron chi connectivity index (χ2n) is 20.2. The molecular weight excluding hydrogens is 1300 g/mol. The molecule has 7 rings (SSSR count). The van der Waals surface area contributed by atoms with Gasteiger partial charge in [-0.05, 0) is 111 Å². The number of carboxylic acid groups (broad SMARTS) is 1. The van der Waals surface area contributed by atoms with E-state index in [0.29, 0.717) is 165 Å². The van der Waals surface area contributed by atoms with Gasteiger partial charge in [-0.15, -0.1) is 22.7 Å². The molecule has 0 aliphatic carbocycles. The van der Waals surface area contributed by atoms with Gasteiger partial charge in [0.1, 0.15) is 22.7 Å². The number of hydrogen-bond acceptors (Lipinski definition) is 25. The molecule has 0 unspecified atom stereocenters. The van der Waals surface area contributed by atoms with Gasteiger partial charge < -0.3 is 72.2 Å². The van der Waals surface area contributed by atoms with Crippen LogP contribution in [0.1, 0.15) is 82.4 Å². The Hall–Kier alpha value is -8.24. The number of aliphatic hydroxyl groups excluding tert-OH is 1. The van der Waals surface area contributed by atoms with Crippen LogP contribution in [0.4, 0.5) is 49.1 Å². The van der Waals surface area contributed by atoms with Crippen LogP contribution in [0.2, 0.25) is 0 Å². The van der Waals surface area contributed by atoms with Crippen LogP contribution in [0.15, 0.2) is 105 Å². The number of ether oxygens (including phenoxy) is 10. The number of hydrogen-bond donors (Lipinski definition) is 1. The van der Waals surface area contributed by atoms with E-state index >= 15 is 0 Å². The Morgan fingerprint density at radius 3 is 1.36 bits per heavy atom. The van der Waals surface area contributed by atoms with E-state index in [1.54, 1.807) is 44.2 Å². The Balaban J connectivity index is 0.000000359. The third kappa shape index (κ3) is 26.9. The number of esters is 3. The van der Waals surface area contributed by atoms with Crippen molar-refractivity contribution >= 4 is 95.7 Å². The van der Waals surface area contributed by atoms with Gasteiger partial charge in [-0.25, -0.2) is 28.9 Å². The fourth-order valence-electron chi connectivity index (χ4n) is 8.70. The molecule has 0 spiro atoms. The summed E-state index contributed by atoms with van der Waals surface area (Å²) in [5.41, 5.74) is 7.94. The summed E-state index contributed by atoms with van der Waals surface area (Å²) in [6.45, 7) is 43.6. The number of cyclic esters (lactones) is 2. The molecule has 3 heterocycles. The summed E-state index contributed by atoms with van der Waals surface area (Å²) in [5, 5.41) is 47.6. The van der Waals surface area contributed by atoms with E-state index in [-0.39, 0.29) is 60.5 Å². The zero-order valence-corrected chi connectivity index (χ0v) is 59.1. The maximum atomic E-state index is 12.1. The van der Waals surface area contributed by atoms with Crippen LogP contribution in [0.25, 0.3) is 14.5 Å². The van der Waals surface area contributed by atoms with Crippen molar-refractivity contribution in [3.8, 4) is 6.07 Å². The smallest absolute Gasteiger partial charge is 0.545 e. The predicted molar refractivity (Wildman–Crippen MR) is 359 cm³/mol. The van der Waals surface area contributed by atoms with E-state index in [9.17, 15) is 29.5 Å². The molecule has 1 N–H and O–H groups in total. The number of carboxylic acids is 1. The fraction of sp³-hybridized carbons (Fsp3) is 0.412. The van der Waals surface area contributed by atoms with Crippen molar-refractivity contribution in [2.75, 3.05) is 155 Å². The number of anilines is 2. The van der Waals surface area contributed by atoms with E-state index < -0.39 is 23.9 Å². The summed E-state index contributed by atoms with van der Waals surface area (Å²) < 4.78 is 53.2. The van der Waals surface area contributed by atoms with Crippen LogP contribution in [0.3, 0.4) is 0 Å². The topological polar surface area (TPSA) is 297 Å². The number of carbonyl (C=O) groups is 4. The number of fused-ring (bicyclic) bond motifs is 1. The maximum absolute atomic E-state index is 12.1. The minimum absolute atomic E-state index is 0. The Labute approximate surface area is 595 Å². The fourth-order valence-corrected chi connectivity index (χ4v) is 10.4. The standard InChI is InChI=1S/C34H39N5O8S.C26H35N5O5S.C8H4O3.Na/c1-5-39(26-10-11-29(24(2)22-26)37-38-32-31(36-4)25(3)30(23-35)48-32)12-13-43-14-15-44-16-17-45-18-19-46-20-21-47-34(42)28-9-7-6-8-27(28)33(40)41;1-6-31(9-11-33-13-15-35-17-18-36-16-14-34-12-10-32)22-7-8-23(20(2)19-22)29-30-26-24(27-4)21(3)25(28-5)37-26;9-7-5-3-1-2-4-6(5)8(10)11-7;/h6-11,22H,5,12-21H2,1-3H3,(H,40,41);7-8,19,32H,6,9-18H2,1-3H3;1-4H;/q;;;+1/p-1. The van der Waals surface area contributed by atoms with E-state index in [1.165, 1.54) is 40.9 Å². The molecule has 0 amide bonds. The molecule has 4 aromatic carbocycles. The van der Waals surface area contributed by atoms with Crippen molar-refractivity contribution in [2.45, 2.75) is 41.5 Å². The number of aliphatic hydroxyl groups is 1. The largest absolute Gasteiger partial charge is 1.00 e. The van der Waals surface area contributed by atoms with Gasteiger partial charge in [-0.1, -0.05) is 37.3 Å². The molecule has 0 saturated carbocycles. The summed E-state index contributed by atoms with van der Waals surface area (Å²) in [6, 6.07) is 26.2. The van der Waals surface area contributed by atoms with Crippen molar-refractivity contribution in [3.05, 3.63) is 169 Å². The monoisotopic (exact) mass is 1380 g/mol. The zero-order chi connectivity index (χ0) is 69.5. The quantitative estimate of drug-likeness (QED) is 0.00939. The first-order valence-electron chi connectivity index (χ1n) is 30.5. The zero-order valence-electron chi connectivity index (χ0n) is 55.5. The van der Waals surface area contributed by atoms with Crippen LogP contribution in [-0.2, 0) is 47.4 Å². The van der Waals surface area contributed by atoms with Gasteiger partial charge in [0.15, 0.2) is 0 Å². The van der Waals surface area contributed by atoms with Crippen molar-refractivity contribution < 1.29 is 106 Å². The number of thiophene rings is 2. The Bertz CT molecular complexity index is 3710. The normalized spacial score (nSPS) is 11.3. The van der Waals surface area contributed by atoms with Gasteiger partial charge in [0.25, 0.3) is 0 Å². The van der Waals surface area contributed by atoms with Crippen LogP contribution in [0.5, 0.6) is 0 Å². The van der Waals surface area contributed by atoms with Gasteiger partial charge in [0.2, 0.25) is 16.4 Å². The average Bonchev–Trinajstić information content (AvgIpc) is 1.71. The molecule has 0 bridgehead atoms. The average molecular weight is 1380 g/mol. The second kappa shape index (κ2) is 46.1. The van der Waals surface area contributed by atoms with Crippen molar-refractivity contribution in [2.24, 2.45) is 20.5 Å². The Kier molecular flexibility index (Phi) is 38.6. The van der Waals surface area contributed by atoms with Gasteiger partial charge in [0, 0.05) is 43.1 Å². The molecule has 6 aromatic rings. The Morgan fingerprint density at radius 1 is 0.557 bits per heavy atom. The minimum Gasteiger partial charge on any atom is -0.545 e. The van der Waals surface area contributed by atoms with Crippen LogP contribution < -0.4 is 44.5 Å². The molecule has 2 aromatic heterocycles. The van der Waals surface area contributed by atoms with E-state index in [0.717, 1.165) is 47.8 Å². The molecule has 26 nitrogen and oxygen atoms in total. The van der Waals surface area contributed by atoms with Crippen molar-refractivity contribution in [1.82, 2.24) is 0 Å². The number of aryl methyl sites for hydroxylation is 2. The molecule has 1 aliphatic rings. The number of rotatable bonds is 39. The van der Waals surface area contributed by atoms with Gasteiger partial charge in [0.05, 0.1) is 171 Å². The SMILES string of the molecule is O=C1OC(=O)c2ccccc21.[C-]#[N+]c1c(N=Nc2ccc(N(CC)CCOCCOCCOCCOCCOC(=O)c3ccccc3C(=O)[O-])cc2C)sc(C#N)c1C.[C-]#[N+]c1sc(N=Nc2ccc(N(CC)CCOCCOCCOCCOCCO)cc2C)c([N+]#[C-])c1C.[Na+]. The Morgan fingerprint density at radius 2 is 0.959 bits per heavy atom. The van der Waals surface area contributed by atoms with Gasteiger partial charge in [-0.3, -0.25) is 0 Å². The first-order chi connectivity index (χ1) is 46.6. The van der Waals surface area contributed by atoms with Crippen LogP contribution in [-0.4, -0.2) is 174 Å². The molecule has 0 saturated heterocycles. The number of nitrogens with zero attached hydrogens (tertiary/aromatic N) is 10. The van der Waals surface area contributed by atoms with Crippen LogP contribution in [0, 0.1) is 58.7 Å². The summed E-state index contributed by atoms with van der Waals surface area (Å²) in [4.78, 5) is 60.2. The number of nitriles is 1. The first kappa shape index (κ1) is 81.2. The summed E-state index contributed by atoms with van der Waals surface area (Å²) >= 11 is 2.36. The van der Waals surface area contributed by atoms with Crippen molar-refractivity contribution in [3.63, 3.8) is 0 Å². The number of aromatic carboxylic acids is 1. The molecule has 29 heteroatoms. The minimum atomic E-state index is -1.44. The molecule has 97 heavy (non-hydrogen) atoms. The summed E-state index contributed by atoms with van der Waals surface area (Å²) in [5.74, 6) is -3.29. The van der Waals surface area contributed by atoms with Gasteiger partial charge in [-0.2, -0.15) is 25.7 Å².